The molecule has 0 saturated heterocycles. The first kappa shape index (κ1) is 8.74. The fourth-order valence-electron chi connectivity index (χ4n) is 3.23. The molecule has 2 nitrogen and oxygen atoms in total. The zero-order valence-corrected chi connectivity index (χ0v) is 8.42. The van der Waals surface area contributed by atoms with E-state index in [9.17, 15) is 4.79 Å². The molecule has 0 aromatic heterocycles. The van der Waals surface area contributed by atoms with Crippen molar-refractivity contribution in [1.82, 2.24) is 0 Å². The van der Waals surface area contributed by atoms with Crippen LogP contribution in [0.5, 0.6) is 0 Å². The Morgan fingerprint density at radius 2 is 2.08 bits per heavy atom. The molecule has 2 aliphatic rings. The Hall–Kier alpha value is -0.840. The van der Waals surface area contributed by atoms with Gasteiger partial charge in [-0.3, -0.25) is 4.79 Å². The van der Waals surface area contributed by atoms with Gasteiger partial charge in [0.05, 0.1) is 6.07 Å². The van der Waals surface area contributed by atoms with Crippen molar-refractivity contribution >= 4 is 5.78 Å². The Balaban J connectivity index is 2.52. The predicted octanol–water partition coefficient (Wildman–Crippen LogP) is 2.15. The molecule has 2 aliphatic carbocycles. The van der Waals surface area contributed by atoms with Crippen molar-refractivity contribution < 1.29 is 4.79 Å². The minimum absolute atomic E-state index is 0.0322. The zero-order valence-electron chi connectivity index (χ0n) is 8.42. The molecule has 0 spiro atoms. The SMILES string of the molecule is CC1(C)[C@@H]2CC[C@]1(C)C(=O)[C@@H]2C#N. The van der Waals surface area contributed by atoms with E-state index in [4.69, 9.17) is 5.26 Å². The van der Waals surface area contributed by atoms with E-state index in [1.165, 1.54) is 0 Å². The second-order valence-corrected chi connectivity index (χ2v) is 5.17. The summed E-state index contributed by atoms with van der Waals surface area (Å²) >= 11 is 0. The number of carbonyl (C=O) groups excluding carboxylic acids is 1. The lowest BCUT2D eigenvalue weighted by Gasteiger charge is -2.32. The summed E-state index contributed by atoms with van der Waals surface area (Å²) in [6.45, 7) is 6.31. The van der Waals surface area contributed by atoms with E-state index in [2.05, 4.69) is 19.9 Å². The van der Waals surface area contributed by atoms with Crippen molar-refractivity contribution in [2.45, 2.75) is 33.6 Å². The van der Waals surface area contributed by atoms with Gasteiger partial charge in [-0.2, -0.15) is 5.26 Å². The van der Waals surface area contributed by atoms with Crippen molar-refractivity contribution in [1.29, 1.82) is 5.26 Å². The van der Waals surface area contributed by atoms with Gasteiger partial charge in [0.25, 0.3) is 0 Å². The number of Topliss-reactive ketones (excluding diaryl/α,β-unsaturated/α-hetero) is 1. The summed E-state index contributed by atoms with van der Waals surface area (Å²) in [6.07, 6.45) is 2.02. The highest BCUT2D eigenvalue weighted by Gasteiger charge is 2.66. The molecule has 3 atom stereocenters. The highest BCUT2D eigenvalue weighted by Crippen LogP contribution is 2.65. The topological polar surface area (TPSA) is 40.9 Å². The molecule has 0 radical (unpaired) electrons. The third-order valence-electron chi connectivity index (χ3n) is 4.67. The lowest BCUT2D eigenvalue weighted by molar-refractivity contribution is -0.130. The van der Waals surface area contributed by atoms with Gasteiger partial charge in [-0.15, -0.1) is 0 Å². The summed E-state index contributed by atoms with van der Waals surface area (Å²) < 4.78 is 0. The third-order valence-corrected chi connectivity index (χ3v) is 4.67. The fourth-order valence-corrected chi connectivity index (χ4v) is 3.23. The Morgan fingerprint density at radius 3 is 2.38 bits per heavy atom. The largest absolute Gasteiger partial charge is 0.298 e. The number of nitriles is 1. The molecule has 2 saturated carbocycles. The van der Waals surface area contributed by atoms with E-state index in [0.29, 0.717) is 5.92 Å². The van der Waals surface area contributed by atoms with Gasteiger partial charge < -0.3 is 0 Å². The molecule has 0 aromatic rings. The van der Waals surface area contributed by atoms with Gasteiger partial charge >= 0.3 is 0 Å². The number of fused-ring (bicyclic) bond motifs is 2. The molecule has 2 heteroatoms. The molecule has 0 aliphatic heterocycles. The van der Waals surface area contributed by atoms with Crippen LogP contribution in [0.3, 0.4) is 0 Å². The molecule has 0 N–H and O–H groups in total. The van der Waals surface area contributed by atoms with Gasteiger partial charge in [-0.05, 0) is 24.2 Å². The van der Waals surface area contributed by atoms with Crippen LogP contribution in [0.15, 0.2) is 0 Å². The van der Waals surface area contributed by atoms with Crippen LogP contribution in [-0.4, -0.2) is 5.78 Å². The molecule has 2 rings (SSSR count). The monoisotopic (exact) mass is 177 g/mol. The maximum Gasteiger partial charge on any atom is 0.156 e. The first-order valence-corrected chi connectivity index (χ1v) is 4.89. The lowest BCUT2D eigenvalue weighted by atomic mass is 9.70. The smallest absolute Gasteiger partial charge is 0.156 e. The fraction of sp³-hybridized carbons (Fsp3) is 0.818. The van der Waals surface area contributed by atoms with Crippen LogP contribution in [0.2, 0.25) is 0 Å². The van der Waals surface area contributed by atoms with Crippen LogP contribution in [0.25, 0.3) is 0 Å². The molecule has 0 amide bonds. The van der Waals surface area contributed by atoms with Gasteiger partial charge in [-0.1, -0.05) is 20.8 Å². The quantitative estimate of drug-likeness (QED) is 0.569. The summed E-state index contributed by atoms with van der Waals surface area (Å²) in [4.78, 5) is 11.9. The van der Waals surface area contributed by atoms with Crippen molar-refractivity contribution in [2.75, 3.05) is 0 Å². The van der Waals surface area contributed by atoms with Gasteiger partial charge in [0.15, 0.2) is 5.78 Å². The number of rotatable bonds is 0. The number of ketones is 1. The lowest BCUT2D eigenvalue weighted by Crippen LogP contribution is -2.33. The average Bonchev–Trinajstić information content (AvgIpc) is 2.36. The minimum atomic E-state index is -0.325. The van der Waals surface area contributed by atoms with Crippen LogP contribution in [0.4, 0.5) is 0 Å². The van der Waals surface area contributed by atoms with Crippen LogP contribution >= 0.6 is 0 Å². The number of hydrogen-bond acceptors (Lipinski definition) is 2. The summed E-state index contributed by atoms with van der Waals surface area (Å²) in [6, 6.07) is 2.18. The standard InChI is InChI=1S/C11H15NO/c1-10(2)8-4-5-11(10,3)9(13)7(8)6-12/h7-8H,4-5H2,1-3H3/t7-,8-,11-/m1/s1. The van der Waals surface area contributed by atoms with Gasteiger partial charge in [0, 0.05) is 5.41 Å². The molecule has 0 heterocycles. The molecule has 0 unspecified atom stereocenters. The Bertz CT molecular complexity index is 313. The van der Waals surface area contributed by atoms with Crippen molar-refractivity contribution in [3.8, 4) is 6.07 Å². The van der Waals surface area contributed by atoms with E-state index >= 15 is 0 Å². The van der Waals surface area contributed by atoms with E-state index in [1.54, 1.807) is 0 Å². The maximum absolute atomic E-state index is 11.9. The van der Waals surface area contributed by atoms with Gasteiger partial charge in [0.1, 0.15) is 5.92 Å². The Morgan fingerprint density at radius 1 is 1.46 bits per heavy atom. The number of nitrogens with zero attached hydrogens (tertiary/aromatic N) is 1. The molecule has 2 fully saturated rings. The molecule has 2 bridgehead atoms. The molecular weight excluding hydrogens is 162 g/mol. The average molecular weight is 177 g/mol. The molecule has 70 valence electrons. The highest BCUT2D eigenvalue weighted by molar-refractivity contribution is 5.93. The second kappa shape index (κ2) is 2.15. The Labute approximate surface area is 78.9 Å². The van der Waals surface area contributed by atoms with E-state index in [-0.39, 0.29) is 22.5 Å². The Kier molecular flexibility index (Phi) is 1.44. The van der Waals surface area contributed by atoms with E-state index in [0.717, 1.165) is 12.8 Å². The molecule has 0 aromatic carbocycles. The molecular formula is C11H15NO. The normalized spacial score (nSPS) is 46.5. The van der Waals surface area contributed by atoms with Gasteiger partial charge in [0.2, 0.25) is 0 Å². The van der Waals surface area contributed by atoms with Crippen LogP contribution in [0.1, 0.15) is 33.6 Å². The second-order valence-electron chi connectivity index (χ2n) is 5.17. The van der Waals surface area contributed by atoms with E-state index < -0.39 is 0 Å². The van der Waals surface area contributed by atoms with E-state index in [1.807, 2.05) is 6.92 Å². The molecule has 13 heavy (non-hydrogen) atoms. The zero-order chi connectivity index (χ0) is 9.85. The highest BCUT2D eigenvalue weighted by atomic mass is 16.1. The van der Waals surface area contributed by atoms with Crippen LogP contribution in [0, 0.1) is 34.0 Å². The van der Waals surface area contributed by atoms with Crippen LogP contribution < -0.4 is 0 Å². The predicted molar refractivity (Wildman–Crippen MR) is 48.7 cm³/mol. The number of hydrogen-bond donors (Lipinski definition) is 0. The summed E-state index contributed by atoms with van der Waals surface area (Å²) in [5.41, 5.74) is -0.192. The maximum atomic E-state index is 11.9. The first-order chi connectivity index (χ1) is 5.95. The van der Waals surface area contributed by atoms with Crippen molar-refractivity contribution in [3.63, 3.8) is 0 Å². The first-order valence-electron chi connectivity index (χ1n) is 4.89. The van der Waals surface area contributed by atoms with Crippen molar-refractivity contribution in [2.24, 2.45) is 22.7 Å². The summed E-state index contributed by atoms with van der Waals surface area (Å²) in [5.74, 6) is 0.167. The third kappa shape index (κ3) is 0.716. The summed E-state index contributed by atoms with van der Waals surface area (Å²) in [5, 5.41) is 8.93. The van der Waals surface area contributed by atoms with Gasteiger partial charge in [-0.25, -0.2) is 0 Å². The summed E-state index contributed by atoms with van der Waals surface area (Å²) in [7, 11) is 0. The number of carbonyl (C=O) groups is 1. The minimum Gasteiger partial charge on any atom is -0.298 e. The van der Waals surface area contributed by atoms with Crippen molar-refractivity contribution in [3.05, 3.63) is 0 Å². The van der Waals surface area contributed by atoms with Crippen LogP contribution in [-0.2, 0) is 4.79 Å².